The van der Waals surface area contributed by atoms with Crippen molar-refractivity contribution in [2.45, 2.75) is 0 Å². The van der Waals surface area contributed by atoms with Gasteiger partial charge < -0.3 is 4.18 Å². The Bertz CT molecular complexity index is 740. The van der Waals surface area contributed by atoms with Gasteiger partial charge in [-0.15, -0.1) is 0 Å². The summed E-state index contributed by atoms with van der Waals surface area (Å²) in [7, 11) is -4.16. The highest BCUT2D eigenvalue weighted by Crippen LogP contribution is 2.31. The molecule has 0 aliphatic carbocycles. The van der Waals surface area contributed by atoms with E-state index in [-0.39, 0.29) is 17.0 Å². The third-order valence-electron chi connectivity index (χ3n) is 2.71. The van der Waals surface area contributed by atoms with Crippen LogP contribution in [-0.2, 0) is 10.3 Å². The maximum absolute atomic E-state index is 12.3. The van der Waals surface area contributed by atoms with E-state index in [1.165, 1.54) is 24.3 Å². The van der Waals surface area contributed by atoms with Crippen molar-refractivity contribution in [2.75, 3.05) is 4.31 Å². The summed E-state index contributed by atoms with van der Waals surface area (Å²) >= 11 is 0. The Morgan fingerprint density at radius 1 is 0.895 bits per heavy atom. The second kappa shape index (κ2) is 4.10. The van der Waals surface area contributed by atoms with E-state index in [9.17, 15) is 13.2 Å². The molecule has 0 atom stereocenters. The Kier molecular flexibility index (Phi) is 2.53. The summed E-state index contributed by atoms with van der Waals surface area (Å²) in [6.45, 7) is 0. The fourth-order valence-corrected chi connectivity index (χ4v) is 3.02. The molecule has 5 nitrogen and oxygen atoms in total. The van der Waals surface area contributed by atoms with Crippen LogP contribution in [0.4, 0.5) is 5.69 Å². The Labute approximate surface area is 110 Å². The number of benzene rings is 2. The van der Waals surface area contributed by atoms with Crippen LogP contribution in [0.5, 0.6) is 5.75 Å². The maximum atomic E-state index is 12.3. The monoisotopic (exact) mass is 275 g/mol. The molecule has 96 valence electrons. The molecule has 6 heteroatoms. The molecular formula is C13H9NO4S. The topological polar surface area (TPSA) is 63.7 Å². The summed E-state index contributed by atoms with van der Waals surface area (Å²) in [5.74, 6) is -0.562. The van der Waals surface area contributed by atoms with Crippen LogP contribution >= 0.6 is 0 Å². The molecule has 0 bridgehead atoms. The number of fused-ring (bicyclic) bond motifs is 1. The molecule has 0 saturated heterocycles. The number of hydrogen-bond acceptors (Lipinski definition) is 4. The van der Waals surface area contributed by atoms with Gasteiger partial charge in [0.25, 0.3) is 5.91 Å². The lowest BCUT2D eigenvalue weighted by Crippen LogP contribution is -2.43. The van der Waals surface area contributed by atoms with Gasteiger partial charge in [0.1, 0.15) is 0 Å². The van der Waals surface area contributed by atoms with E-state index in [0.29, 0.717) is 4.31 Å². The van der Waals surface area contributed by atoms with Crippen molar-refractivity contribution in [3.63, 3.8) is 0 Å². The molecule has 1 aliphatic heterocycles. The zero-order valence-corrected chi connectivity index (χ0v) is 10.5. The number of carbonyl (C=O) groups is 1. The second-order valence-corrected chi connectivity index (χ2v) is 5.33. The predicted octanol–water partition coefficient (Wildman–Crippen LogP) is 1.97. The van der Waals surface area contributed by atoms with Crippen molar-refractivity contribution in [3.05, 3.63) is 60.2 Å². The van der Waals surface area contributed by atoms with Gasteiger partial charge in [-0.3, -0.25) is 4.79 Å². The molecule has 0 saturated carbocycles. The minimum atomic E-state index is -4.16. The van der Waals surface area contributed by atoms with E-state index in [1.807, 2.05) is 0 Å². The molecule has 0 spiro atoms. The van der Waals surface area contributed by atoms with Gasteiger partial charge in [0, 0.05) is 0 Å². The summed E-state index contributed by atoms with van der Waals surface area (Å²) in [6.07, 6.45) is 0. The van der Waals surface area contributed by atoms with Crippen LogP contribution in [0.3, 0.4) is 0 Å². The van der Waals surface area contributed by atoms with E-state index in [4.69, 9.17) is 4.18 Å². The zero-order valence-electron chi connectivity index (χ0n) is 9.68. The summed E-state index contributed by atoms with van der Waals surface area (Å²) in [6, 6.07) is 14.4. The van der Waals surface area contributed by atoms with Crippen LogP contribution < -0.4 is 8.49 Å². The van der Waals surface area contributed by atoms with E-state index in [0.717, 1.165) is 0 Å². The number of anilines is 1. The number of amides is 1. The normalized spacial score (nSPS) is 16.6. The molecule has 19 heavy (non-hydrogen) atoms. The summed E-state index contributed by atoms with van der Waals surface area (Å²) in [4.78, 5) is 12.3. The van der Waals surface area contributed by atoms with Gasteiger partial charge in [0.05, 0.1) is 11.3 Å². The number of nitrogens with zero attached hydrogens (tertiary/aromatic N) is 1. The molecule has 0 unspecified atom stereocenters. The first-order valence-corrected chi connectivity index (χ1v) is 6.89. The second-order valence-electron chi connectivity index (χ2n) is 3.94. The molecule has 1 heterocycles. The van der Waals surface area contributed by atoms with Crippen LogP contribution in [-0.4, -0.2) is 14.3 Å². The van der Waals surface area contributed by atoms with E-state index < -0.39 is 16.2 Å². The van der Waals surface area contributed by atoms with E-state index in [2.05, 4.69) is 0 Å². The van der Waals surface area contributed by atoms with Gasteiger partial charge in [-0.2, -0.15) is 12.7 Å². The van der Waals surface area contributed by atoms with Crippen molar-refractivity contribution in [1.29, 1.82) is 0 Å². The van der Waals surface area contributed by atoms with Gasteiger partial charge in [-0.05, 0) is 24.3 Å². The number of para-hydroxylation sites is 2. The summed E-state index contributed by atoms with van der Waals surface area (Å²) in [5.41, 5.74) is 0.475. The number of carbonyl (C=O) groups excluding carboxylic acids is 1. The van der Waals surface area contributed by atoms with Crippen LogP contribution in [0.2, 0.25) is 0 Å². The number of hydrogen-bond donors (Lipinski definition) is 0. The average Bonchev–Trinajstić information content (AvgIpc) is 2.39. The molecule has 1 amide bonds. The molecular weight excluding hydrogens is 266 g/mol. The minimum absolute atomic E-state index is 0.0553. The van der Waals surface area contributed by atoms with E-state index >= 15 is 0 Å². The lowest BCUT2D eigenvalue weighted by atomic mass is 10.2. The Morgan fingerprint density at radius 2 is 1.53 bits per heavy atom. The van der Waals surface area contributed by atoms with Gasteiger partial charge >= 0.3 is 10.3 Å². The van der Waals surface area contributed by atoms with Crippen molar-refractivity contribution in [1.82, 2.24) is 0 Å². The molecule has 3 rings (SSSR count). The smallest absolute Gasteiger partial charge is 0.366 e. The molecule has 0 radical (unpaired) electrons. The zero-order chi connectivity index (χ0) is 13.5. The van der Waals surface area contributed by atoms with Crippen LogP contribution in [0.1, 0.15) is 10.4 Å². The van der Waals surface area contributed by atoms with Gasteiger partial charge in [0.15, 0.2) is 5.75 Å². The van der Waals surface area contributed by atoms with E-state index in [1.54, 1.807) is 30.3 Å². The average molecular weight is 275 g/mol. The SMILES string of the molecule is O=C1c2ccccc2OS(=O)(=O)N1c1ccccc1. The first-order valence-electron chi connectivity index (χ1n) is 5.53. The molecule has 0 fully saturated rings. The predicted molar refractivity (Wildman–Crippen MR) is 69.2 cm³/mol. The minimum Gasteiger partial charge on any atom is -0.366 e. The molecule has 2 aromatic carbocycles. The van der Waals surface area contributed by atoms with Gasteiger partial charge in [-0.25, -0.2) is 0 Å². The molecule has 1 aliphatic rings. The van der Waals surface area contributed by atoms with Gasteiger partial charge in [-0.1, -0.05) is 30.3 Å². The lowest BCUT2D eigenvalue weighted by Gasteiger charge is -2.27. The quantitative estimate of drug-likeness (QED) is 0.798. The third-order valence-corrected chi connectivity index (χ3v) is 3.93. The fourth-order valence-electron chi connectivity index (χ4n) is 1.89. The molecule has 0 N–H and O–H groups in total. The standard InChI is InChI=1S/C13H9NO4S/c15-13-11-8-4-5-9-12(11)18-19(16,17)14(13)10-6-2-1-3-7-10/h1-9H. The van der Waals surface area contributed by atoms with Crippen LogP contribution in [0, 0.1) is 0 Å². The fraction of sp³-hybridized carbons (Fsp3) is 0. The summed E-state index contributed by atoms with van der Waals surface area (Å²) < 4.78 is 29.7. The molecule has 0 aromatic heterocycles. The highest BCUT2D eigenvalue weighted by Gasteiger charge is 2.38. The Morgan fingerprint density at radius 3 is 2.26 bits per heavy atom. The highest BCUT2D eigenvalue weighted by atomic mass is 32.2. The largest absolute Gasteiger partial charge is 0.416 e. The van der Waals surface area contributed by atoms with Crippen LogP contribution in [0.25, 0.3) is 0 Å². The Balaban J connectivity index is 2.19. The first-order chi connectivity index (χ1) is 9.09. The third kappa shape index (κ3) is 1.86. The van der Waals surface area contributed by atoms with Crippen molar-refractivity contribution in [3.8, 4) is 5.75 Å². The van der Waals surface area contributed by atoms with Gasteiger partial charge in [0.2, 0.25) is 0 Å². The van der Waals surface area contributed by atoms with Crippen LogP contribution in [0.15, 0.2) is 54.6 Å². The lowest BCUT2D eigenvalue weighted by molar-refractivity contribution is 0.0997. The first kappa shape index (κ1) is 11.7. The van der Waals surface area contributed by atoms with Crippen molar-refractivity contribution in [2.24, 2.45) is 0 Å². The highest BCUT2D eigenvalue weighted by molar-refractivity contribution is 7.89. The maximum Gasteiger partial charge on any atom is 0.416 e. The Hall–Kier alpha value is -2.34. The summed E-state index contributed by atoms with van der Waals surface area (Å²) in [5, 5.41) is 0. The number of rotatable bonds is 1. The molecule has 2 aromatic rings. The van der Waals surface area contributed by atoms with Crippen molar-refractivity contribution < 1.29 is 17.4 Å². The van der Waals surface area contributed by atoms with Crippen molar-refractivity contribution >= 4 is 21.9 Å².